The van der Waals surface area contributed by atoms with Crippen LogP contribution in [-0.4, -0.2) is 23.5 Å². The number of nitrogens with one attached hydrogen (secondary N) is 2. The van der Waals surface area contributed by atoms with E-state index in [0.29, 0.717) is 6.42 Å². The fourth-order valence-corrected chi connectivity index (χ4v) is 5.38. The highest BCUT2D eigenvalue weighted by atomic mass is 32.1. The van der Waals surface area contributed by atoms with Gasteiger partial charge in [0.25, 0.3) is 5.91 Å². The molecule has 5 nitrogen and oxygen atoms in total. The molecule has 0 fully saturated rings. The van der Waals surface area contributed by atoms with Crippen molar-refractivity contribution < 1.29 is 27.5 Å². The van der Waals surface area contributed by atoms with Gasteiger partial charge in [0.2, 0.25) is 0 Å². The number of halogens is 3. The normalized spacial score (nSPS) is 17.1. The molecule has 32 heavy (non-hydrogen) atoms. The number of hydrogen-bond acceptors (Lipinski definition) is 5. The molecule has 0 bridgehead atoms. The van der Waals surface area contributed by atoms with Gasteiger partial charge in [0.1, 0.15) is 5.00 Å². The Morgan fingerprint density at radius 1 is 1.19 bits per heavy atom. The average molecular weight is 469 g/mol. The van der Waals surface area contributed by atoms with E-state index in [2.05, 4.69) is 10.6 Å². The molecule has 174 valence electrons. The number of carbonyl (C=O) groups excluding carboxylic acids is 2. The summed E-state index contributed by atoms with van der Waals surface area (Å²) in [6, 6.07) is 4.19. The van der Waals surface area contributed by atoms with Gasteiger partial charge in [-0.15, -0.1) is 11.3 Å². The Bertz CT molecular complexity index is 1060. The minimum atomic E-state index is -4.56. The largest absolute Gasteiger partial charge is 0.459 e. The van der Waals surface area contributed by atoms with Crippen molar-refractivity contribution in [2.75, 3.05) is 5.32 Å². The maximum Gasteiger partial charge on any atom is 0.416 e. The molecule has 9 heteroatoms. The first-order valence-electron chi connectivity index (χ1n) is 10.3. The van der Waals surface area contributed by atoms with Gasteiger partial charge in [0.05, 0.1) is 17.2 Å². The van der Waals surface area contributed by atoms with Crippen molar-refractivity contribution in [1.29, 1.82) is 0 Å². The molecule has 3 rings (SSSR count). The molecule has 0 saturated carbocycles. The molecule has 0 spiro atoms. The Labute approximate surface area is 189 Å². The van der Waals surface area contributed by atoms with Crippen LogP contribution >= 0.6 is 11.3 Å². The van der Waals surface area contributed by atoms with Crippen molar-refractivity contribution in [3.05, 3.63) is 51.4 Å². The highest BCUT2D eigenvalue weighted by Gasteiger charge is 2.42. The van der Waals surface area contributed by atoms with Crippen LogP contribution in [0.15, 0.2) is 24.3 Å². The predicted octanol–water partition coefficient (Wildman–Crippen LogP) is 5.74. The van der Waals surface area contributed by atoms with Gasteiger partial charge in [-0.25, -0.2) is 4.79 Å². The molecule has 1 aromatic carbocycles. The molecule has 2 N–H and O–H groups in total. The van der Waals surface area contributed by atoms with E-state index in [-0.39, 0.29) is 27.8 Å². The molecule has 0 atom stereocenters. The van der Waals surface area contributed by atoms with Gasteiger partial charge in [-0.2, -0.15) is 13.2 Å². The Balaban J connectivity index is 2.06. The van der Waals surface area contributed by atoms with E-state index in [4.69, 9.17) is 4.74 Å². The van der Waals surface area contributed by atoms with Crippen molar-refractivity contribution in [2.24, 2.45) is 0 Å². The second kappa shape index (κ2) is 8.19. The molecule has 1 aliphatic heterocycles. The number of carbonyl (C=O) groups is 2. The Morgan fingerprint density at radius 3 is 2.44 bits per heavy atom. The maximum atomic E-state index is 13.1. The zero-order valence-corrected chi connectivity index (χ0v) is 19.7. The summed E-state index contributed by atoms with van der Waals surface area (Å²) in [6.07, 6.45) is -4.40. The zero-order chi connectivity index (χ0) is 24.1. The number of rotatable bonds is 4. The molecule has 0 radical (unpaired) electrons. The van der Waals surface area contributed by atoms with E-state index in [1.54, 1.807) is 13.8 Å². The topological polar surface area (TPSA) is 67.4 Å². The van der Waals surface area contributed by atoms with E-state index in [1.807, 2.05) is 27.7 Å². The van der Waals surface area contributed by atoms with Crippen molar-refractivity contribution in [3.8, 4) is 0 Å². The monoisotopic (exact) mass is 468 g/mol. The molecule has 0 aliphatic carbocycles. The van der Waals surface area contributed by atoms with Crippen LogP contribution in [-0.2, 0) is 22.9 Å². The van der Waals surface area contributed by atoms with E-state index in [9.17, 15) is 22.8 Å². The molecule has 1 aromatic heterocycles. The molecule has 0 unspecified atom stereocenters. The lowest BCUT2D eigenvalue weighted by molar-refractivity contribution is -0.137. The lowest BCUT2D eigenvalue weighted by Gasteiger charge is -2.42. The van der Waals surface area contributed by atoms with Crippen LogP contribution < -0.4 is 10.6 Å². The highest BCUT2D eigenvalue weighted by molar-refractivity contribution is 7.17. The molecule has 1 amide bonds. The number of hydrogen-bond donors (Lipinski definition) is 2. The van der Waals surface area contributed by atoms with Crippen molar-refractivity contribution in [1.82, 2.24) is 5.32 Å². The van der Waals surface area contributed by atoms with Crippen molar-refractivity contribution in [2.45, 2.75) is 71.3 Å². The smallest absolute Gasteiger partial charge is 0.416 e. The molecule has 1 aliphatic rings. The van der Waals surface area contributed by atoms with E-state index < -0.39 is 29.2 Å². The van der Waals surface area contributed by atoms with Crippen LogP contribution in [0, 0.1) is 0 Å². The predicted molar refractivity (Wildman–Crippen MR) is 118 cm³/mol. The number of benzene rings is 1. The van der Waals surface area contributed by atoms with Crippen LogP contribution in [0.2, 0.25) is 0 Å². The van der Waals surface area contributed by atoms with E-state index in [0.717, 1.165) is 22.6 Å². The Hall–Kier alpha value is -2.39. The fourth-order valence-electron chi connectivity index (χ4n) is 4.12. The highest BCUT2D eigenvalue weighted by Crippen LogP contribution is 2.45. The summed E-state index contributed by atoms with van der Waals surface area (Å²) in [5, 5.41) is 6.48. The maximum absolute atomic E-state index is 13.1. The number of fused-ring (bicyclic) bond motifs is 1. The van der Waals surface area contributed by atoms with Crippen LogP contribution in [0.3, 0.4) is 0 Å². The number of esters is 1. The summed E-state index contributed by atoms with van der Waals surface area (Å²) in [5.41, 5.74) is -0.801. The number of alkyl halides is 3. The van der Waals surface area contributed by atoms with E-state index >= 15 is 0 Å². The first kappa shape index (κ1) is 24.3. The van der Waals surface area contributed by atoms with Crippen LogP contribution in [0.25, 0.3) is 0 Å². The van der Waals surface area contributed by atoms with Crippen LogP contribution in [0.1, 0.15) is 78.3 Å². The summed E-state index contributed by atoms with van der Waals surface area (Å²) < 4.78 is 44.6. The molecule has 2 heterocycles. The quantitative estimate of drug-likeness (QED) is 0.561. The summed E-state index contributed by atoms with van der Waals surface area (Å²) in [4.78, 5) is 26.7. The van der Waals surface area contributed by atoms with Crippen LogP contribution in [0.5, 0.6) is 0 Å². The first-order valence-corrected chi connectivity index (χ1v) is 11.1. The SMILES string of the molecule is CC(C)OC(=O)c1c(NC(=O)c2cccc(C(F)(F)F)c2)sc2c1CC(C)(C)NC2(C)C. The first-order chi connectivity index (χ1) is 14.6. The lowest BCUT2D eigenvalue weighted by atomic mass is 9.81. The van der Waals surface area contributed by atoms with Gasteiger partial charge < -0.3 is 15.4 Å². The number of anilines is 1. The average Bonchev–Trinajstić information content (AvgIpc) is 2.97. The molecule has 2 aromatic rings. The van der Waals surface area contributed by atoms with Gasteiger partial charge in [0, 0.05) is 21.5 Å². The van der Waals surface area contributed by atoms with Crippen LogP contribution in [0.4, 0.5) is 18.2 Å². The zero-order valence-electron chi connectivity index (χ0n) is 18.9. The van der Waals surface area contributed by atoms with Crippen molar-refractivity contribution >= 4 is 28.2 Å². The molecular weight excluding hydrogens is 441 g/mol. The summed E-state index contributed by atoms with van der Waals surface area (Å²) in [5.74, 6) is -1.29. The minimum absolute atomic E-state index is 0.146. The van der Waals surface area contributed by atoms with Gasteiger partial charge in [0.15, 0.2) is 0 Å². The van der Waals surface area contributed by atoms with Gasteiger partial charge in [-0.05, 0) is 71.7 Å². The minimum Gasteiger partial charge on any atom is -0.459 e. The number of ether oxygens (including phenoxy) is 1. The third kappa shape index (κ3) is 4.99. The summed E-state index contributed by atoms with van der Waals surface area (Å²) in [6.45, 7) is 11.5. The van der Waals surface area contributed by atoms with E-state index in [1.165, 1.54) is 23.5 Å². The van der Waals surface area contributed by atoms with Gasteiger partial charge >= 0.3 is 12.1 Å². The molecular formula is C23H27F3N2O3S. The Morgan fingerprint density at radius 2 is 1.84 bits per heavy atom. The second-order valence-corrected chi connectivity index (χ2v) is 10.4. The summed E-state index contributed by atoms with van der Waals surface area (Å²) >= 11 is 1.24. The fraction of sp³-hybridized carbons (Fsp3) is 0.478. The number of amides is 1. The number of thiophene rings is 1. The lowest BCUT2D eigenvalue weighted by Crippen LogP contribution is -2.55. The third-order valence-electron chi connectivity index (χ3n) is 5.07. The Kier molecular flexibility index (Phi) is 6.21. The standard InChI is InChI=1S/C23H27F3N2O3S/c1-12(2)31-20(30)16-15-11-21(3,4)28-22(5,6)17(15)32-19(16)27-18(29)13-8-7-9-14(10-13)23(24,25)26/h7-10,12,28H,11H2,1-6H3,(H,27,29). The summed E-state index contributed by atoms with van der Waals surface area (Å²) in [7, 11) is 0. The van der Waals surface area contributed by atoms with Gasteiger partial charge in [-0.1, -0.05) is 6.07 Å². The van der Waals surface area contributed by atoms with Crippen molar-refractivity contribution in [3.63, 3.8) is 0 Å². The van der Waals surface area contributed by atoms with Gasteiger partial charge in [-0.3, -0.25) is 4.79 Å². The molecule has 0 saturated heterocycles. The third-order valence-corrected chi connectivity index (χ3v) is 6.54. The second-order valence-electron chi connectivity index (χ2n) is 9.41.